The molecule has 1 aromatic rings. The summed E-state index contributed by atoms with van der Waals surface area (Å²) in [5, 5.41) is 11.1. The molecule has 1 unspecified atom stereocenters. The molecule has 0 saturated carbocycles. The van der Waals surface area contributed by atoms with E-state index in [1.54, 1.807) is 17.9 Å². The highest BCUT2D eigenvalue weighted by Crippen LogP contribution is 2.32. The van der Waals surface area contributed by atoms with Gasteiger partial charge in [0.15, 0.2) is 0 Å². The lowest BCUT2D eigenvalue weighted by molar-refractivity contribution is -0.385. The quantitative estimate of drug-likeness (QED) is 0.653. The van der Waals surface area contributed by atoms with Gasteiger partial charge in [-0.3, -0.25) is 14.9 Å². The molecule has 0 spiro atoms. The standard InChI is InChI=1S/C14H19N3O4/c1-2-21-13-11(4-3-5-12(13)17(19)20)14(18)16-7-6-10(8-15)9-16/h3-5,10H,2,6-9,15H2,1H3. The van der Waals surface area contributed by atoms with Crippen molar-refractivity contribution in [1.82, 2.24) is 4.90 Å². The minimum atomic E-state index is -0.533. The fraction of sp³-hybridized carbons (Fsp3) is 0.500. The molecule has 1 saturated heterocycles. The lowest BCUT2D eigenvalue weighted by Crippen LogP contribution is -2.30. The van der Waals surface area contributed by atoms with Gasteiger partial charge in [-0.15, -0.1) is 0 Å². The zero-order chi connectivity index (χ0) is 15.4. The molecule has 1 atom stereocenters. The van der Waals surface area contributed by atoms with E-state index in [-0.39, 0.29) is 29.5 Å². The maximum atomic E-state index is 12.6. The van der Waals surface area contributed by atoms with Crippen molar-refractivity contribution in [3.63, 3.8) is 0 Å². The Kier molecular flexibility index (Phi) is 4.74. The van der Waals surface area contributed by atoms with Crippen molar-refractivity contribution < 1.29 is 14.5 Å². The number of nitro groups is 1. The van der Waals surface area contributed by atoms with Gasteiger partial charge < -0.3 is 15.4 Å². The van der Waals surface area contributed by atoms with Crippen LogP contribution >= 0.6 is 0 Å². The number of ether oxygens (including phenoxy) is 1. The number of amides is 1. The van der Waals surface area contributed by atoms with Crippen LogP contribution in [-0.4, -0.2) is 42.0 Å². The number of nitro benzene ring substituents is 1. The largest absolute Gasteiger partial charge is 0.487 e. The minimum absolute atomic E-state index is 0.0474. The van der Waals surface area contributed by atoms with Gasteiger partial charge >= 0.3 is 5.69 Å². The molecular weight excluding hydrogens is 274 g/mol. The third kappa shape index (κ3) is 3.13. The molecule has 114 valence electrons. The number of hydrogen-bond acceptors (Lipinski definition) is 5. The Morgan fingerprint density at radius 2 is 2.33 bits per heavy atom. The molecule has 1 fully saturated rings. The second kappa shape index (κ2) is 6.53. The van der Waals surface area contributed by atoms with Crippen LogP contribution in [0.15, 0.2) is 18.2 Å². The number of benzene rings is 1. The molecule has 1 aliphatic rings. The van der Waals surface area contributed by atoms with E-state index in [0.29, 0.717) is 25.6 Å². The van der Waals surface area contributed by atoms with E-state index in [2.05, 4.69) is 0 Å². The summed E-state index contributed by atoms with van der Waals surface area (Å²) in [7, 11) is 0. The first-order chi connectivity index (χ1) is 10.1. The van der Waals surface area contributed by atoms with Crippen molar-refractivity contribution in [2.75, 3.05) is 26.2 Å². The van der Waals surface area contributed by atoms with Crippen LogP contribution in [0, 0.1) is 16.0 Å². The van der Waals surface area contributed by atoms with Crippen LogP contribution in [0.25, 0.3) is 0 Å². The summed E-state index contributed by atoms with van der Waals surface area (Å²) < 4.78 is 5.35. The van der Waals surface area contributed by atoms with Crippen LogP contribution in [0.5, 0.6) is 5.75 Å². The number of hydrogen-bond donors (Lipinski definition) is 1. The first kappa shape index (κ1) is 15.2. The molecule has 0 bridgehead atoms. The molecule has 2 N–H and O–H groups in total. The van der Waals surface area contributed by atoms with Gasteiger partial charge in [-0.25, -0.2) is 0 Å². The average Bonchev–Trinajstić information content (AvgIpc) is 2.95. The summed E-state index contributed by atoms with van der Waals surface area (Å²) in [6, 6.07) is 4.41. The molecule has 1 aromatic carbocycles. The summed E-state index contributed by atoms with van der Waals surface area (Å²) in [5.41, 5.74) is 5.68. The van der Waals surface area contributed by atoms with Gasteiger partial charge in [0.2, 0.25) is 5.75 Å². The number of nitrogens with zero attached hydrogens (tertiary/aromatic N) is 2. The van der Waals surface area contributed by atoms with Gasteiger partial charge in [-0.05, 0) is 31.9 Å². The summed E-state index contributed by atoms with van der Waals surface area (Å²) in [6.07, 6.45) is 0.862. The molecule has 0 aliphatic carbocycles. The van der Waals surface area contributed by atoms with E-state index in [0.717, 1.165) is 6.42 Å². The van der Waals surface area contributed by atoms with Crippen molar-refractivity contribution in [2.45, 2.75) is 13.3 Å². The Balaban J connectivity index is 2.32. The lowest BCUT2D eigenvalue weighted by Gasteiger charge is -2.18. The van der Waals surface area contributed by atoms with Crippen LogP contribution in [0.2, 0.25) is 0 Å². The highest BCUT2D eigenvalue weighted by atomic mass is 16.6. The fourth-order valence-corrected chi connectivity index (χ4v) is 2.51. The SMILES string of the molecule is CCOc1c(C(=O)N2CCC(CN)C2)cccc1[N+](=O)[O-]. The third-order valence-electron chi connectivity index (χ3n) is 3.62. The van der Waals surface area contributed by atoms with Crippen LogP contribution in [0.3, 0.4) is 0 Å². The van der Waals surface area contributed by atoms with Crippen LogP contribution in [0.1, 0.15) is 23.7 Å². The smallest absolute Gasteiger partial charge is 0.311 e. The molecular formula is C14H19N3O4. The van der Waals surface area contributed by atoms with Crippen molar-refractivity contribution in [2.24, 2.45) is 11.7 Å². The van der Waals surface area contributed by atoms with E-state index in [9.17, 15) is 14.9 Å². The Labute approximate surface area is 122 Å². The fourth-order valence-electron chi connectivity index (χ4n) is 2.51. The number of carbonyl (C=O) groups excluding carboxylic acids is 1. The first-order valence-corrected chi connectivity index (χ1v) is 6.98. The Bertz CT molecular complexity index is 547. The van der Waals surface area contributed by atoms with Gasteiger partial charge in [-0.2, -0.15) is 0 Å². The Morgan fingerprint density at radius 3 is 2.90 bits per heavy atom. The van der Waals surface area contributed by atoms with Gasteiger partial charge in [0.05, 0.1) is 17.1 Å². The molecule has 7 heteroatoms. The molecule has 0 aromatic heterocycles. The Hall–Kier alpha value is -2.15. The predicted octanol–water partition coefficient (Wildman–Crippen LogP) is 1.41. The zero-order valence-corrected chi connectivity index (χ0v) is 11.9. The van der Waals surface area contributed by atoms with E-state index in [1.807, 2.05) is 0 Å². The van der Waals surface area contributed by atoms with Crippen molar-refractivity contribution in [3.05, 3.63) is 33.9 Å². The number of likely N-dealkylation sites (tertiary alicyclic amines) is 1. The molecule has 1 amide bonds. The predicted molar refractivity (Wildman–Crippen MR) is 77.3 cm³/mol. The summed E-state index contributed by atoms with van der Waals surface area (Å²) in [4.78, 5) is 24.8. The van der Waals surface area contributed by atoms with Crippen molar-refractivity contribution >= 4 is 11.6 Å². The normalized spacial score (nSPS) is 17.8. The van der Waals surface area contributed by atoms with Gasteiger partial charge in [-0.1, -0.05) is 6.07 Å². The average molecular weight is 293 g/mol. The maximum absolute atomic E-state index is 12.6. The van der Waals surface area contributed by atoms with E-state index in [1.165, 1.54) is 12.1 Å². The van der Waals surface area contributed by atoms with Crippen LogP contribution < -0.4 is 10.5 Å². The van der Waals surface area contributed by atoms with Gasteiger partial charge in [0.1, 0.15) is 0 Å². The summed E-state index contributed by atoms with van der Waals surface area (Å²) >= 11 is 0. The number of rotatable bonds is 5. The zero-order valence-electron chi connectivity index (χ0n) is 11.9. The highest BCUT2D eigenvalue weighted by Gasteiger charge is 2.30. The third-order valence-corrected chi connectivity index (χ3v) is 3.62. The molecule has 1 heterocycles. The van der Waals surface area contributed by atoms with E-state index >= 15 is 0 Å². The van der Waals surface area contributed by atoms with Gasteiger partial charge in [0, 0.05) is 19.2 Å². The molecule has 7 nitrogen and oxygen atoms in total. The second-order valence-corrected chi connectivity index (χ2v) is 4.99. The number of para-hydroxylation sites is 1. The topological polar surface area (TPSA) is 98.7 Å². The lowest BCUT2D eigenvalue weighted by atomic mass is 10.1. The summed E-state index contributed by atoms with van der Waals surface area (Å²) in [6.45, 7) is 3.73. The van der Waals surface area contributed by atoms with Gasteiger partial charge in [0.25, 0.3) is 5.91 Å². The second-order valence-electron chi connectivity index (χ2n) is 4.99. The molecule has 0 radical (unpaired) electrons. The molecule has 2 rings (SSSR count). The summed E-state index contributed by atoms with van der Waals surface area (Å²) in [5.74, 6) is 0.104. The number of nitrogens with two attached hydrogens (primary N) is 1. The van der Waals surface area contributed by atoms with Crippen molar-refractivity contribution in [1.29, 1.82) is 0 Å². The number of carbonyl (C=O) groups is 1. The van der Waals surface area contributed by atoms with Crippen LogP contribution in [-0.2, 0) is 0 Å². The first-order valence-electron chi connectivity index (χ1n) is 6.98. The maximum Gasteiger partial charge on any atom is 0.311 e. The Morgan fingerprint density at radius 1 is 1.57 bits per heavy atom. The van der Waals surface area contributed by atoms with E-state index < -0.39 is 4.92 Å². The minimum Gasteiger partial charge on any atom is -0.487 e. The molecule has 21 heavy (non-hydrogen) atoms. The van der Waals surface area contributed by atoms with E-state index in [4.69, 9.17) is 10.5 Å². The molecule has 1 aliphatic heterocycles. The monoisotopic (exact) mass is 293 g/mol. The van der Waals surface area contributed by atoms with Crippen LogP contribution in [0.4, 0.5) is 5.69 Å². The highest BCUT2D eigenvalue weighted by molar-refractivity contribution is 5.98. The van der Waals surface area contributed by atoms with Crippen molar-refractivity contribution in [3.8, 4) is 5.75 Å².